The van der Waals surface area contributed by atoms with E-state index in [0.717, 1.165) is 13.1 Å². The second-order valence-electron chi connectivity index (χ2n) is 4.79. The van der Waals surface area contributed by atoms with E-state index in [9.17, 15) is 0 Å². The molecule has 0 amide bonds. The number of piperidine rings is 1. The number of hydrogen-bond donors (Lipinski definition) is 1. The minimum atomic E-state index is 0.686. The number of hydrogen-bond acceptors (Lipinski definition) is 3. The maximum absolute atomic E-state index is 4.43. The largest absolute Gasteiger partial charge is 0.315 e. The Morgan fingerprint density at radius 1 is 1.47 bits per heavy atom. The summed E-state index contributed by atoms with van der Waals surface area (Å²) in [5.41, 5.74) is 1.19. The van der Waals surface area contributed by atoms with Gasteiger partial charge in [-0.3, -0.25) is 9.88 Å². The van der Waals surface area contributed by atoms with E-state index in [0.29, 0.717) is 6.04 Å². The van der Waals surface area contributed by atoms with Gasteiger partial charge in [0.25, 0.3) is 0 Å². The van der Waals surface area contributed by atoms with Gasteiger partial charge in [0.1, 0.15) is 0 Å². The Bertz CT molecular complexity index is 307. The first-order valence-electron chi connectivity index (χ1n) is 6.75. The lowest BCUT2D eigenvalue weighted by molar-refractivity contribution is 0.156. The van der Waals surface area contributed by atoms with Gasteiger partial charge < -0.3 is 5.32 Å². The number of nitrogens with zero attached hydrogens (tertiary/aromatic N) is 2. The van der Waals surface area contributed by atoms with Gasteiger partial charge in [-0.05, 0) is 44.5 Å². The van der Waals surface area contributed by atoms with Crippen LogP contribution in [0, 0.1) is 0 Å². The summed E-state index contributed by atoms with van der Waals surface area (Å²) in [5.74, 6) is 0. The Balaban J connectivity index is 1.96. The first kappa shape index (κ1) is 12.5. The fourth-order valence-electron chi connectivity index (χ4n) is 2.52. The van der Waals surface area contributed by atoms with Crippen LogP contribution in [0.15, 0.2) is 24.4 Å². The first-order chi connectivity index (χ1) is 8.40. The molecular weight excluding hydrogens is 210 g/mol. The van der Waals surface area contributed by atoms with Gasteiger partial charge in [-0.25, -0.2) is 0 Å². The maximum atomic E-state index is 4.43. The topological polar surface area (TPSA) is 28.2 Å². The lowest BCUT2D eigenvalue weighted by Crippen LogP contribution is -2.46. The van der Waals surface area contributed by atoms with Gasteiger partial charge in [0.15, 0.2) is 0 Å². The summed E-state index contributed by atoms with van der Waals surface area (Å²) in [7, 11) is 0. The molecular formula is C14H23N3. The quantitative estimate of drug-likeness (QED) is 0.843. The van der Waals surface area contributed by atoms with E-state index in [2.05, 4.69) is 34.3 Å². The van der Waals surface area contributed by atoms with Crippen molar-refractivity contribution in [1.82, 2.24) is 15.2 Å². The predicted octanol–water partition coefficient (Wildman–Crippen LogP) is 2.05. The highest BCUT2D eigenvalue weighted by molar-refractivity contribution is 5.03. The van der Waals surface area contributed by atoms with Crippen molar-refractivity contribution in [3.63, 3.8) is 0 Å². The van der Waals surface area contributed by atoms with Gasteiger partial charge in [-0.1, -0.05) is 13.0 Å². The third kappa shape index (κ3) is 3.79. The van der Waals surface area contributed by atoms with E-state index < -0.39 is 0 Å². The van der Waals surface area contributed by atoms with E-state index in [1.165, 1.54) is 38.0 Å². The number of nitrogens with one attached hydrogen (secondary N) is 1. The molecule has 3 heteroatoms. The van der Waals surface area contributed by atoms with Gasteiger partial charge in [0.05, 0.1) is 5.69 Å². The lowest BCUT2D eigenvalue weighted by Gasteiger charge is -2.34. The van der Waals surface area contributed by atoms with E-state index >= 15 is 0 Å². The normalized spacial score (nSPS) is 20.7. The summed E-state index contributed by atoms with van der Waals surface area (Å²) in [5, 5.41) is 3.50. The highest BCUT2D eigenvalue weighted by Crippen LogP contribution is 2.13. The van der Waals surface area contributed by atoms with Crippen LogP contribution in [0.1, 0.15) is 31.9 Å². The third-order valence-corrected chi connectivity index (χ3v) is 3.39. The molecule has 2 heterocycles. The zero-order chi connectivity index (χ0) is 11.9. The average Bonchev–Trinajstić information content (AvgIpc) is 2.40. The van der Waals surface area contributed by atoms with Gasteiger partial charge >= 0.3 is 0 Å². The van der Waals surface area contributed by atoms with Crippen LogP contribution in [0.5, 0.6) is 0 Å². The second-order valence-corrected chi connectivity index (χ2v) is 4.79. The van der Waals surface area contributed by atoms with Crippen molar-refractivity contribution in [2.24, 2.45) is 0 Å². The molecule has 1 aliphatic heterocycles. The number of pyridine rings is 1. The molecule has 1 aromatic rings. The van der Waals surface area contributed by atoms with Crippen LogP contribution >= 0.6 is 0 Å². The Kier molecular flexibility index (Phi) is 4.95. The fraction of sp³-hybridized carbons (Fsp3) is 0.643. The van der Waals surface area contributed by atoms with Crippen LogP contribution in [0.3, 0.4) is 0 Å². The predicted molar refractivity (Wildman–Crippen MR) is 70.8 cm³/mol. The van der Waals surface area contributed by atoms with Crippen molar-refractivity contribution in [1.29, 1.82) is 0 Å². The molecule has 94 valence electrons. The molecule has 17 heavy (non-hydrogen) atoms. The van der Waals surface area contributed by atoms with Crippen LogP contribution in [0.4, 0.5) is 0 Å². The molecule has 1 unspecified atom stereocenters. The molecule has 1 aromatic heterocycles. The van der Waals surface area contributed by atoms with Crippen molar-refractivity contribution >= 4 is 0 Å². The van der Waals surface area contributed by atoms with Crippen LogP contribution < -0.4 is 5.32 Å². The zero-order valence-corrected chi connectivity index (χ0v) is 10.7. The van der Waals surface area contributed by atoms with Gasteiger partial charge in [-0.15, -0.1) is 0 Å². The van der Waals surface area contributed by atoms with Gasteiger partial charge in [0.2, 0.25) is 0 Å². The maximum Gasteiger partial charge on any atom is 0.0544 e. The fourth-order valence-corrected chi connectivity index (χ4v) is 2.52. The van der Waals surface area contributed by atoms with E-state index in [1.54, 1.807) is 0 Å². The van der Waals surface area contributed by atoms with Gasteiger partial charge in [-0.2, -0.15) is 0 Å². The molecule has 0 aromatic carbocycles. The highest BCUT2D eigenvalue weighted by atomic mass is 15.2. The summed E-state index contributed by atoms with van der Waals surface area (Å²) in [6.45, 7) is 6.72. The monoisotopic (exact) mass is 233 g/mol. The Morgan fingerprint density at radius 3 is 3.06 bits per heavy atom. The minimum Gasteiger partial charge on any atom is -0.315 e. The molecule has 0 radical (unpaired) electrons. The average molecular weight is 233 g/mol. The van der Waals surface area contributed by atoms with E-state index in [1.807, 2.05) is 12.3 Å². The molecule has 1 aliphatic rings. The van der Waals surface area contributed by atoms with Crippen molar-refractivity contribution in [2.75, 3.05) is 19.6 Å². The molecule has 1 saturated heterocycles. The van der Waals surface area contributed by atoms with Crippen LogP contribution in [-0.2, 0) is 6.54 Å². The van der Waals surface area contributed by atoms with Crippen LogP contribution in [0.2, 0.25) is 0 Å². The van der Waals surface area contributed by atoms with Gasteiger partial charge in [0, 0.05) is 25.3 Å². The summed E-state index contributed by atoms with van der Waals surface area (Å²) >= 11 is 0. The number of aromatic nitrogens is 1. The minimum absolute atomic E-state index is 0.686. The molecule has 1 N–H and O–H groups in total. The summed E-state index contributed by atoms with van der Waals surface area (Å²) in [6, 6.07) is 6.87. The molecule has 3 nitrogen and oxygen atoms in total. The molecule has 0 saturated carbocycles. The van der Waals surface area contributed by atoms with E-state index in [-0.39, 0.29) is 0 Å². The van der Waals surface area contributed by atoms with E-state index in [4.69, 9.17) is 0 Å². The SMILES string of the molecule is CCCN(Cc1ccccn1)C1CCCNC1. The van der Waals surface area contributed by atoms with Crippen molar-refractivity contribution in [2.45, 2.75) is 38.8 Å². The molecule has 0 aliphatic carbocycles. The molecule has 0 spiro atoms. The van der Waals surface area contributed by atoms with Crippen molar-refractivity contribution in [3.05, 3.63) is 30.1 Å². The third-order valence-electron chi connectivity index (χ3n) is 3.39. The molecule has 1 atom stereocenters. The Labute approximate surface area is 104 Å². The number of rotatable bonds is 5. The summed E-state index contributed by atoms with van der Waals surface area (Å²) < 4.78 is 0. The second kappa shape index (κ2) is 6.72. The smallest absolute Gasteiger partial charge is 0.0544 e. The van der Waals surface area contributed by atoms with Crippen molar-refractivity contribution < 1.29 is 0 Å². The lowest BCUT2D eigenvalue weighted by atomic mass is 10.1. The standard InChI is InChI=1S/C14H23N3/c1-2-10-17(14-7-5-8-15-11-14)12-13-6-3-4-9-16-13/h3-4,6,9,14-15H,2,5,7-8,10-12H2,1H3. The first-order valence-corrected chi connectivity index (χ1v) is 6.75. The van der Waals surface area contributed by atoms with Crippen LogP contribution in [0.25, 0.3) is 0 Å². The van der Waals surface area contributed by atoms with Crippen molar-refractivity contribution in [3.8, 4) is 0 Å². The zero-order valence-electron chi connectivity index (χ0n) is 10.7. The summed E-state index contributed by atoms with van der Waals surface area (Å²) in [6.07, 6.45) is 5.72. The molecule has 1 fully saturated rings. The summed E-state index contributed by atoms with van der Waals surface area (Å²) in [4.78, 5) is 7.01. The molecule has 0 bridgehead atoms. The highest BCUT2D eigenvalue weighted by Gasteiger charge is 2.20. The molecule has 2 rings (SSSR count). The Morgan fingerprint density at radius 2 is 2.41 bits per heavy atom. The Hall–Kier alpha value is -0.930. The van der Waals surface area contributed by atoms with Crippen LogP contribution in [-0.4, -0.2) is 35.6 Å².